The monoisotopic (exact) mass is 293 g/mol. The Bertz CT molecular complexity index is 576. The molecule has 20 heavy (non-hydrogen) atoms. The van der Waals surface area contributed by atoms with Gasteiger partial charge in [0.1, 0.15) is 5.75 Å². The number of hydrogen-bond donors (Lipinski definition) is 1. The molecule has 2 aromatic rings. The molecule has 0 amide bonds. The summed E-state index contributed by atoms with van der Waals surface area (Å²) < 4.78 is 7.72. The molecule has 4 nitrogen and oxygen atoms in total. The van der Waals surface area contributed by atoms with Crippen LogP contribution in [-0.4, -0.2) is 15.8 Å². The Hall–Kier alpha value is -1.52. The topological polar surface area (TPSA) is 39.1 Å². The number of benzene rings is 1. The van der Waals surface area contributed by atoms with Crippen LogP contribution in [-0.2, 0) is 13.6 Å². The number of halogens is 1. The SMILES string of the molecule is Cc1nn(C)c(Oc2ccc(Cl)cc2)c1CNC(C)C. The third-order valence-electron chi connectivity index (χ3n) is 3.00. The van der Waals surface area contributed by atoms with E-state index >= 15 is 0 Å². The van der Waals surface area contributed by atoms with Gasteiger partial charge in [-0.05, 0) is 31.2 Å². The summed E-state index contributed by atoms with van der Waals surface area (Å²) in [5, 5.41) is 8.52. The third-order valence-corrected chi connectivity index (χ3v) is 3.26. The Labute approximate surface area is 124 Å². The summed E-state index contributed by atoms with van der Waals surface area (Å²) in [7, 11) is 1.89. The Morgan fingerprint density at radius 2 is 1.95 bits per heavy atom. The minimum Gasteiger partial charge on any atom is -0.439 e. The first kappa shape index (κ1) is 14.9. The van der Waals surface area contributed by atoms with E-state index in [1.165, 1.54) is 0 Å². The first-order valence-corrected chi connectivity index (χ1v) is 7.04. The lowest BCUT2D eigenvalue weighted by Crippen LogP contribution is -2.22. The maximum atomic E-state index is 5.95. The van der Waals surface area contributed by atoms with Crippen molar-refractivity contribution in [1.29, 1.82) is 0 Å². The van der Waals surface area contributed by atoms with E-state index in [-0.39, 0.29) is 0 Å². The second-order valence-electron chi connectivity index (χ2n) is 5.08. The van der Waals surface area contributed by atoms with Gasteiger partial charge in [0, 0.05) is 24.7 Å². The summed E-state index contributed by atoms with van der Waals surface area (Å²) >= 11 is 5.88. The lowest BCUT2D eigenvalue weighted by atomic mass is 10.2. The minimum atomic E-state index is 0.415. The molecule has 0 bridgehead atoms. The average molecular weight is 294 g/mol. The summed E-state index contributed by atoms with van der Waals surface area (Å²) in [6.07, 6.45) is 0. The average Bonchev–Trinajstić information content (AvgIpc) is 2.64. The van der Waals surface area contributed by atoms with Crippen molar-refractivity contribution in [1.82, 2.24) is 15.1 Å². The molecule has 5 heteroatoms. The molecule has 108 valence electrons. The molecule has 0 unspecified atom stereocenters. The van der Waals surface area contributed by atoms with Gasteiger partial charge in [-0.15, -0.1) is 0 Å². The molecule has 0 saturated heterocycles. The highest BCUT2D eigenvalue weighted by Crippen LogP contribution is 2.28. The molecule has 0 aliphatic rings. The summed E-state index contributed by atoms with van der Waals surface area (Å²) in [6, 6.07) is 7.74. The van der Waals surface area contributed by atoms with Crippen LogP contribution in [0.15, 0.2) is 24.3 Å². The Morgan fingerprint density at radius 1 is 1.30 bits per heavy atom. The highest BCUT2D eigenvalue weighted by molar-refractivity contribution is 6.30. The molecule has 0 atom stereocenters. The molecule has 0 aliphatic heterocycles. The number of aryl methyl sites for hydroxylation is 2. The Kier molecular flexibility index (Phi) is 4.68. The zero-order chi connectivity index (χ0) is 14.7. The minimum absolute atomic E-state index is 0.415. The standard InChI is InChI=1S/C15H20ClN3O/c1-10(2)17-9-14-11(3)18-19(4)15(14)20-13-7-5-12(16)6-8-13/h5-8,10,17H,9H2,1-4H3. The van der Waals surface area contributed by atoms with Gasteiger partial charge in [0.2, 0.25) is 5.88 Å². The molecule has 0 aliphatic carbocycles. The van der Waals surface area contributed by atoms with E-state index in [2.05, 4.69) is 24.3 Å². The molecule has 0 saturated carbocycles. The van der Waals surface area contributed by atoms with Gasteiger partial charge in [0.15, 0.2) is 0 Å². The van der Waals surface area contributed by atoms with Crippen LogP contribution < -0.4 is 10.1 Å². The van der Waals surface area contributed by atoms with Crippen molar-refractivity contribution >= 4 is 11.6 Å². The second kappa shape index (κ2) is 6.29. The van der Waals surface area contributed by atoms with Crippen molar-refractivity contribution in [3.63, 3.8) is 0 Å². The lowest BCUT2D eigenvalue weighted by molar-refractivity contribution is 0.422. The van der Waals surface area contributed by atoms with Crippen molar-refractivity contribution in [3.8, 4) is 11.6 Å². The van der Waals surface area contributed by atoms with Gasteiger partial charge in [-0.2, -0.15) is 5.10 Å². The van der Waals surface area contributed by atoms with Gasteiger partial charge in [0.05, 0.1) is 11.3 Å². The van der Waals surface area contributed by atoms with Crippen molar-refractivity contribution in [2.45, 2.75) is 33.4 Å². The molecule has 0 spiro atoms. The molecule has 0 fully saturated rings. The number of nitrogens with zero attached hydrogens (tertiary/aromatic N) is 2. The van der Waals surface area contributed by atoms with E-state index in [0.29, 0.717) is 11.1 Å². The third kappa shape index (κ3) is 3.52. The molecular formula is C15H20ClN3O. The fourth-order valence-corrected chi connectivity index (χ4v) is 2.06. The molecule has 2 rings (SSSR count). The molecule has 1 aromatic carbocycles. The maximum Gasteiger partial charge on any atom is 0.222 e. The van der Waals surface area contributed by atoms with Crippen LogP contribution in [0.3, 0.4) is 0 Å². The van der Waals surface area contributed by atoms with Crippen molar-refractivity contribution in [2.24, 2.45) is 7.05 Å². The van der Waals surface area contributed by atoms with E-state index in [0.717, 1.165) is 29.4 Å². The zero-order valence-electron chi connectivity index (χ0n) is 12.3. The first-order valence-electron chi connectivity index (χ1n) is 6.66. The van der Waals surface area contributed by atoms with Crippen molar-refractivity contribution in [3.05, 3.63) is 40.5 Å². The van der Waals surface area contributed by atoms with Gasteiger partial charge in [-0.1, -0.05) is 25.4 Å². The fourth-order valence-electron chi connectivity index (χ4n) is 1.93. The quantitative estimate of drug-likeness (QED) is 0.914. The number of hydrogen-bond acceptors (Lipinski definition) is 3. The fraction of sp³-hybridized carbons (Fsp3) is 0.400. The van der Waals surface area contributed by atoms with E-state index in [4.69, 9.17) is 16.3 Å². The van der Waals surface area contributed by atoms with Crippen LogP contribution >= 0.6 is 11.6 Å². The predicted octanol–water partition coefficient (Wildman–Crippen LogP) is 3.67. The highest BCUT2D eigenvalue weighted by Gasteiger charge is 2.15. The van der Waals surface area contributed by atoms with E-state index in [9.17, 15) is 0 Å². The summed E-state index contributed by atoms with van der Waals surface area (Å²) in [6.45, 7) is 6.96. The van der Waals surface area contributed by atoms with Crippen LogP contribution in [0.25, 0.3) is 0 Å². The Morgan fingerprint density at radius 3 is 2.55 bits per heavy atom. The first-order chi connectivity index (χ1) is 9.47. The van der Waals surface area contributed by atoms with E-state index in [1.807, 2.05) is 38.2 Å². The van der Waals surface area contributed by atoms with Crippen molar-refractivity contribution in [2.75, 3.05) is 0 Å². The maximum absolute atomic E-state index is 5.95. The predicted molar refractivity (Wildman–Crippen MR) is 81.4 cm³/mol. The van der Waals surface area contributed by atoms with Crippen LogP contribution in [0.4, 0.5) is 0 Å². The van der Waals surface area contributed by atoms with Gasteiger partial charge < -0.3 is 10.1 Å². The van der Waals surface area contributed by atoms with Crippen LogP contribution in [0.2, 0.25) is 5.02 Å². The van der Waals surface area contributed by atoms with Gasteiger partial charge >= 0.3 is 0 Å². The number of nitrogens with one attached hydrogen (secondary N) is 1. The van der Waals surface area contributed by atoms with E-state index < -0.39 is 0 Å². The van der Waals surface area contributed by atoms with Crippen molar-refractivity contribution < 1.29 is 4.74 Å². The van der Waals surface area contributed by atoms with Crippen LogP contribution in [0, 0.1) is 6.92 Å². The zero-order valence-corrected chi connectivity index (χ0v) is 13.0. The van der Waals surface area contributed by atoms with Crippen LogP contribution in [0.5, 0.6) is 11.6 Å². The largest absolute Gasteiger partial charge is 0.439 e. The molecule has 0 radical (unpaired) electrons. The van der Waals surface area contributed by atoms with E-state index in [1.54, 1.807) is 4.68 Å². The lowest BCUT2D eigenvalue weighted by Gasteiger charge is -2.11. The molecule has 1 aromatic heterocycles. The number of aromatic nitrogens is 2. The van der Waals surface area contributed by atoms with Crippen LogP contribution in [0.1, 0.15) is 25.1 Å². The smallest absolute Gasteiger partial charge is 0.222 e. The summed E-state index contributed by atoms with van der Waals surface area (Å²) in [5.74, 6) is 1.51. The number of rotatable bonds is 5. The summed E-state index contributed by atoms with van der Waals surface area (Å²) in [4.78, 5) is 0. The molecular weight excluding hydrogens is 274 g/mol. The second-order valence-corrected chi connectivity index (χ2v) is 5.52. The highest BCUT2D eigenvalue weighted by atomic mass is 35.5. The summed E-state index contributed by atoms with van der Waals surface area (Å²) in [5.41, 5.74) is 2.06. The molecule has 1 heterocycles. The Balaban J connectivity index is 2.23. The number of ether oxygens (including phenoxy) is 1. The molecule has 1 N–H and O–H groups in total. The van der Waals surface area contributed by atoms with Gasteiger partial charge in [0.25, 0.3) is 0 Å². The normalized spacial score (nSPS) is 11.1. The van der Waals surface area contributed by atoms with Gasteiger partial charge in [-0.3, -0.25) is 0 Å². The van der Waals surface area contributed by atoms with Gasteiger partial charge in [-0.25, -0.2) is 4.68 Å².